The van der Waals surface area contributed by atoms with E-state index < -0.39 is 44.1 Å². The van der Waals surface area contributed by atoms with E-state index in [9.17, 15) is 22.0 Å². The molecule has 0 aliphatic carbocycles. The first-order valence-electron chi connectivity index (χ1n) is 13.5. The lowest BCUT2D eigenvalue weighted by molar-refractivity contribution is 0.0949. The molecule has 3 aromatic heterocycles. The van der Waals surface area contributed by atoms with Gasteiger partial charge in [0.25, 0.3) is 5.91 Å². The minimum Gasteiger partial charge on any atom is -0.489 e. The summed E-state index contributed by atoms with van der Waals surface area (Å²) < 4.78 is 70.1. The van der Waals surface area contributed by atoms with Gasteiger partial charge >= 0.3 is 0 Å². The summed E-state index contributed by atoms with van der Waals surface area (Å²) in [5, 5.41) is 3.38. The number of fused-ring (bicyclic) bond motifs is 3. The highest BCUT2D eigenvalue weighted by molar-refractivity contribution is 7.92. The van der Waals surface area contributed by atoms with E-state index in [4.69, 9.17) is 24.2 Å². The molecular formula is C29H27F2N5O6S. The van der Waals surface area contributed by atoms with Crippen molar-refractivity contribution < 1.29 is 36.2 Å². The van der Waals surface area contributed by atoms with E-state index in [0.29, 0.717) is 54.8 Å². The van der Waals surface area contributed by atoms with Gasteiger partial charge in [0.15, 0.2) is 23.1 Å². The lowest BCUT2D eigenvalue weighted by atomic mass is 10.2. The number of alkyl halides is 1. The maximum absolute atomic E-state index is 14.7. The maximum atomic E-state index is 14.7. The zero-order chi connectivity index (χ0) is 30.1. The fourth-order valence-electron chi connectivity index (χ4n) is 4.87. The molecule has 0 unspecified atom stereocenters. The highest BCUT2D eigenvalue weighted by Crippen LogP contribution is 2.36. The van der Waals surface area contributed by atoms with Crippen LogP contribution in [0, 0.1) is 5.82 Å². The highest BCUT2D eigenvalue weighted by atomic mass is 32.2. The first-order valence-corrected chi connectivity index (χ1v) is 15.1. The van der Waals surface area contributed by atoms with Crippen molar-refractivity contribution in [3.05, 3.63) is 71.4 Å². The summed E-state index contributed by atoms with van der Waals surface area (Å²) in [5.74, 6) is -0.439. The number of methoxy groups -OCH3 is 1. The van der Waals surface area contributed by atoms with E-state index in [1.165, 1.54) is 0 Å². The fourth-order valence-corrected chi connectivity index (χ4v) is 6.26. The molecule has 0 saturated carbocycles. The molecule has 5 heterocycles. The van der Waals surface area contributed by atoms with Crippen molar-refractivity contribution in [3.8, 4) is 11.5 Å². The zero-order valence-corrected chi connectivity index (χ0v) is 23.9. The Morgan fingerprint density at radius 1 is 1.12 bits per heavy atom. The molecule has 2 aliphatic heterocycles. The van der Waals surface area contributed by atoms with Crippen LogP contribution < -0.4 is 19.7 Å². The molecule has 2 aliphatic rings. The number of sulfone groups is 1. The van der Waals surface area contributed by atoms with Crippen LogP contribution in [0.3, 0.4) is 0 Å². The van der Waals surface area contributed by atoms with Crippen LogP contribution in [0.4, 0.5) is 20.4 Å². The van der Waals surface area contributed by atoms with Gasteiger partial charge in [0.1, 0.15) is 17.3 Å². The van der Waals surface area contributed by atoms with Crippen molar-refractivity contribution in [2.24, 2.45) is 0 Å². The molecule has 4 aromatic rings. The van der Waals surface area contributed by atoms with E-state index in [2.05, 4.69) is 10.3 Å². The Labute approximate surface area is 245 Å². The molecular weight excluding hydrogens is 584 g/mol. The van der Waals surface area contributed by atoms with Crippen molar-refractivity contribution in [1.82, 2.24) is 20.3 Å². The van der Waals surface area contributed by atoms with Crippen LogP contribution >= 0.6 is 0 Å². The van der Waals surface area contributed by atoms with Crippen molar-refractivity contribution in [2.75, 3.05) is 38.4 Å². The first kappa shape index (κ1) is 28.7. The number of carbonyl (C=O) groups is 1. The van der Waals surface area contributed by atoms with Gasteiger partial charge in [-0.2, -0.15) is 0 Å². The Bertz CT molecular complexity index is 1820. The van der Waals surface area contributed by atoms with Crippen LogP contribution in [0.15, 0.2) is 53.6 Å². The number of nitrogens with one attached hydrogen (secondary N) is 1. The molecule has 1 N–H and O–H groups in total. The number of hydrogen-bond donors (Lipinski definition) is 1. The molecule has 6 rings (SSSR count). The number of pyridine rings is 3. The van der Waals surface area contributed by atoms with Crippen LogP contribution in [0.25, 0.3) is 10.9 Å². The van der Waals surface area contributed by atoms with Crippen molar-refractivity contribution in [3.63, 3.8) is 0 Å². The van der Waals surface area contributed by atoms with Crippen LogP contribution in [-0.2, 0) is 27.5 Å². The Morgan fingerprint density at radius 3 is 2.81 bits per heavy atom. The third kappa shape index (κ3) is 5.67. The molecule has 43 heavy (non-hydrogen) atoms. The minimum atomic E-state index is -4.52. The van der Waals surface area contributed by atoms with Gasteiger partial charge in [-0.3, -0.25) is 9.78 Å². The first-order chi connectivity index (χ1) is 20.7. The van der Waals surface area contributed by atoms with Crippen molar-refractivity contribution in [1.29, 1.82) is 0 Å². The summed E-state index contributed by atoms with van der Waals surface area (Å²) in [6.45, 7) is 1.19. The number of amides is 1. The Balaban J connectivity index is 1.22. The topological polar surface area (TPSA) is 133 Å². The number of anilines is 2. The molecule has 0 radical (unpaired) electrons. The minimum absolute atomic E-state index is 0.0564. The number of carbonyl (C=O) groups excluding carboxylic acids is 1. The van der Waals surface area contributed by atoms with Gasteiger partial charge in [0, 0.05) is 42.8 Å². The summed E-state index contributed by atoms with van der Waals surface area (Å²) in [4.78, 5) is 28.1. The highest BCUT2D eigenvalue weighted by Gasteiger charge is 2.35. The summed E-state index contributed by atoms with van der Waals surface area (Å²) in [6.07, 6.45) is 1.84. The molecule has 224 valence electrons. The molecule has 1 atom stereocenters. The van der Waals surface area contributed by atoms with E-state index >= 15 is 0 Å². The molecule has 1 amide bonds. The number of hydrogen-bond acceptors (Lipinski definition) is 10. The second kappa shape index (κ2) is 11.7. The molecule has 0 saturated heterocycles. The zero-order valence-electron chi connectivity index (χ0n) is 23.0. The van der Waals surface area contributed by atoms with E-state index in [1.807, 2.05) is 29.2 Å². The van der Waals surface area contributed by atoms with Crippen LogP contribution in [-0.4, -0.2) is 68.3 Å². The van der Waals surface area contributed by atoms with Gasteiger partial charge in [-0.25, -0.2) is 27.2 Å². The smallest absolute Gasteiger partial charge is 0.251 e. The number of benzene rings is 1. The van der Waals surface area contributed by atoms with Gasteiger partial charge in [0.05, 0.1) is 37.5 Å². The molecule has 14 heteroatoms. The molecule has 11 nitrogen and oxygen atoms in total. The second-order valence-corrected chi connectivity index (χ2v) is 12.0. The average Bonchev–Trinajstić information content (AvgIpc) is 3.13. The number of halogens is 2. The molecule has 0 fully saturated rings. The summed E-state index contributed by atoms with van der Waals surface area (Å²) in [7, 11) is -2.88. The number of ether oxygens (including phenoxy) is 3. The average molecular weight is 612 g/mol. The molecule has 0 spiro atoms. The monoisotopic (exact) mass is 611 g/mol. The number of nitrogens with zero attached hydrogens (tertiary/aromatic N) is 4. The summed E-state index contributed by atoms with van der Waals surface area (Å²) in [5.41, 5.74) is -0.605. The predicted molar refractivity (Wildman–Crippen MR) is 152 cm³/mol. The maximum Gasteiger partial charge on any atom is 0.251 e. The van der Waals surface area contributed by atoms with Gasteiger partial charge in [0.2, 0.25) is 15.3 Å². The summed E-state index contributed by atoms with van der Waals surface area (Å²) in [6, 6.07) is 11.1. The lowest BCUT2D eigenvalue weighted by Gasteiger charge is -2.29. The SMILES string of the molecule is COCCc1ccc2c(n1)N(c1ccc3cnc(CNC(=O)c4cc(F)c5c(c4)S(=O)(=O)[C@@H](F)CCO5)cc3n1)CCO2. The lowest BCUT2D eigenvalue weighted by Crippen LogP contribution is -2.30. The van der Waals surface area contributed by atoms with Gasteiger partial charge in [-0.15, -0.1) is 0 Å². The standard InChI is InChI=1S/C29H27F2N5O6S/c1-40-9-6-19-3-4-23-28(34-19)36(8-11-41-23)26-5-2-17-15-32-20(14-22(17)35-26)16-33-29(37)18-12-21(30)27-24(13-18)43(38,39)25(31)7-10-42-27/h2-5,12-15,25H,6-11,16H2,1H3,(H,33,37)/t25-/m1/s1. The molecule has 1 aromatic carbocycles. The third-order valence-corrected chi connectivity index (χ3v) is 8.94. The third-order valence-electron chi connectivity index (χ3n) is 7.12. The summed E-state index contributed by atoms with van der Waals surface area (Å²) >= 11 is 0. The molecule has 0 bridgehead atoms. The van der Waals surface area contributed by atoms with E-state index in [-0.39, 0.29) is 18.7 Å². The largest absolute Gasteiger partial charge is 0.489 e. The van der Waals surface area contributed by atoms with Gasteiger partial charge in [-0.05, 0) is 42.5 Å². The predicted octanol–water partition coefficient (Wildman–Crippen LogP) is 3.67. The Kier molecular flexibility index (Phi) is 7.79. The normalized spacial score (nSPS) is 17.3. The van der Waals surface area contributed by atoms with Gasteiger partial charge in [-0.1, -0.05) is 0 Å². The van der Waals surface area contributed by atoms with Crippen molar-refractivity contribution >= 4 is 38.3 Å². The van der Waals surface area contributed by atoms with Crippen LogP contribution in [0.5, 0.6) is 11.5 Å². The Hall–Kier alpha value is -4.43. The number of aromatic nitrogens is 3. The quantitative estimate of drug-likeness (QED) is 0.330. The Morgan fingerprint density at radius 2 is 1.98 bits per heavy atom. The van der Waals surface area contributed by atoms with E-state index in [0.717, 1.165) is 23.2 Å². The number of rotatable bonds is 7. The van der Waals surface area contributed by atoms with E-state index in [1.54, 1.807) is 19.4 Å². The van der Waals surface area contributed by atoms with Crippen LogP contribution in [0.2, 0.25) is 0 Å². The van der Waals surface area contributed by atoms with Gasteiger partial charge < -0.3 is 24.4 Å². The van der Waals surface area contributed by atoms with Crippen LogP contribution in [0.1, 0.15) is 28.2 Å². The fraction of sp³-hybridized carbons (Fsp3) is 0.310. The van der Waals surface area contributed by atoms with Crippen molar-refractivity contribution in [2.45, 2.75) is 29.8 Å². The second-order valence-electron chi connectivity index (χ2n) is 9.97.